The molecule has 2 rings (SSSR count). The quantitative estimate of drug-likeness (QED) is 0.640. The van der Waals surface area contributed by atoms with E-state index in [2.05, 4.69) is 10.6 Å². The monoisotopic (exact) mass is 253 g/mol. The molecule has 1 atom stereocenters. The van der Waals surface area contributed by atoms with Crippen molar-refractivity contribution in [1.82, 2.24) is 5.32 Å². The Morgan fingerprint density at radius 1 is 1.39 bits per heavy atom. The summed E-state index contributed by atoms with van der Waals surface area (Å²) in [6, 6.07) is 3.77. The second-order valence-corrected chi connectivity index (χ2v) is 4.50. The van der Waals surface area contributed by atoms with Gasteiger partial charge in [-0.05, 0) is 25.5 Å². The Hall–Kier alpha value is -1.69. The molecule has 1 unspecified atom stereocenters. The first kappa shape index (κ1) is 12.8. The van der Waals surface area contributed by atoms with Gasteiger partial charge in [-0.1, -0.05) is 6.42 Å². The number of benzene rings is 1. The highest BCUT2D eigenvalue weighted by atomic mass is 19.1. The molecule has 18 heavy (non-hydrogen) atoms. The Morgan fingerprint density at radius 2 is 2.22 bits per heavy atom. The molecule has 1 saturated heterocycles. The number of hydrogen-bond acceptors (Lipinski definition) is 4. The van der Waals surface area contributed by atoms with E-state index in [0.717, 1.165) is 38.4 Å². The highest BCUT2D eigenvalue weighted by Crippen LogP contribution is 2.21. The first-order chi connectivity index (χ1) is 8.65. The van der Waals surface area contributed by atoms with Crippen LogP contribution in [0.2, 0.25) is 0 Å². The fourth-order valence-electron chi connectivity index (χ4n) is 2.14. The van der Waals surface area contributed by atoms with E-state index in [1.807, 2.05) is 0 Å². The van der Waals surface area contributed by atoms with Crippen LogP contribution in [0.15, 0.2) is 18.2 Å². The number of rotatable bonds is 3. The number of nitrogens with one attached hydrogen (secondary N) is 2. The Kier molecular flexibility index (Phi) is 4.09. The molecule has 1 fully saturated rings. The van der Waals surface area contributed by atoms with Gasteiger partial charge in [0.2, 0.25) is 0 Å². The van der Waals surface area contributed by atoms with Gasteiger partial charge in [0.25, 0.3) is 5.69 Å². The first-order valence-electron chi connectivity index (χ1n) is 6.07. The summed E-state index contributed by atoms with van der Waals surface area (Å²) >= 11 is 0. The topological polar surface area (TPSA) is 67.2 Å². The van der Waals surface area contributed by atoms with Crippen LogP contribution in [0.4, 0.5) is 15.8 Å². The van der Waals surface area contributed by atoms with Gasteiger partial charge < -0.3 is 10.6 Å². The van der Waals surface area contributed by atoms with E-state index in [1.165, 1.54) is 12.1 Å². The molecular weight excluding hydrogens is 237 g/mol. The van der Waals surface area contributed by atoms with Gasteiger partial charge in [-0.25, -0.2) is 4.39 Å². The maximum Gasteiger partial charge on any atom is 0.274 e. The zero-order valence-electron chi connectivity index (χ0n) is 9.99. The maximum absolute atomic E-state index is 13.3. The predicted octanol–water partition coefficient (Wildman–Crippen LogP) is 2.29. The molecule has 0 bridgehead atoms. The summed E-state index contributed by atoms with van der Waals surface area (Å²) in [5, 5.41) is 17.1. The van der Waals surface area contributed by atoms with Gasteiger partial charge in [0.05, 0.1) is 11.0 Å². The SMILES string of the molecule is O=[N+]([O-])c1cc(F)cc(NC2CCCCNC2)c1. The lowest BCUT2D eigenvalue weighted by Gasteiger charge is -2.17. The van der Waals surface area contributed by atoms with Crippen molar-refractivity contribution in [3.05, 3.63) is 34.1 Å². The smallest absolute Gasteiger partial charge is 0.274 e. The van der Waals surface area contributed by atoms with Crippen molar-refractivity contribution in [1.29, 1.82) is 0 Å². The average molecular weight is 253 g/mol. The molecule has 0 amide bonds. The summed E-state index contributed by atoms with van der Waals surface area (Å²) in [5.41, 5.74) is 0.245. The number of hydrogen-bond donors (Lipinski definition) is 2. The van der Waals surface area contributed by atoms with Crippen molar-refractivity contribution in [3.8, 4) is 0 Å². The lowest BCUT2D eigenvalue weighted by molar-refractivity contribution is -0.385. The van der Waals surface area contributed by atoms with Gasteiger partial charge >= 0.3 is 0 Å². The molecule has 0 radical (unpaired) electrons. The van der Waals surface area contributed by atoms with Crippen molar-refractivity contribution in [2.24, 2.45) is 0 Å². The molecule has 0 aromatic heterocycles. The van der Waals surface area contributed by atoms with Crippen LogP contribution in [0.5, 0.6) is 0 Å². The number of nitrogens with zero attached hydrogens (tertiary/aromatic N) is 1. The lowest BCUT2D eigenvalue weighted by Crippen LogP contribution is -2.30. The molecule has 0 saturated carbocycles. The lowest BCUT2D eigenvalue weighted by atomic mass is 10.1. The molecule has 0 spiro atoms. The van der Waals surface area contributed by atoms with E-state index < -0.39 is 10.7 Å². The summed E-state index contributed by atoms with van der Waals surface area (Å²) in [6.45, 7) is 1.78. The Balaban J connectivity index is 2.10. The van der Waals surface area contributed by atoms with Gasteiger partial charge in [0.1, 0.15) is 5.82 Å². The van der Waals surface area contributed by atoms with Crippen LogP contribution in [-0.4, -0.2) is 24.1 Å². The number of anilines is 1. The second kappa shape index (κ2) is 5.77. The van der Waals surface area contributed by atoms with Crippen molar-refractivity contribution in [3.63, 3.8) is 0 Å². The van der Waals surface area contributed by atoms with Gasteiger partial charge in [-0.15, -0.1) is 0 Å². The Bertz CT molecular complexity index is 431. The third-order valence-electron chi connectivity index (χ3n) is 3.01. The minimum atomic E-state index is -0.590. The summed E-state index contributed by atoms with van der Waals surface area (Å²) in [5.74, 6) is -0.590. The molecular formula is C12H16FN3O2. The summed E-state index contributed by atoms with van der Waals surface area (Å²) in [6.07, 6.45) is 3.21. The third kappa shape index (κ3) is 3.40. The summed E-state index contributed by atoms with van der Waals surface area (Å²) < 4.78 is 13.3. The zero-order valence-corrected chi connectivity index (χ0v) is 9.99. The van der Waals surface area contributed by atoms with Crippen molar-refractivity contribution in [2.45, 2.75) is 25.3 Å². The molecule has 1 aromatic rings. The Morgan fingerprint density at radius 3 is 3.00 bits per heavy atom. The van der Waals surface area contributed by atoms with Gasteiger partial charge in [0.15, 0.2) is 0 Å². The van der Waals surface area contributed by atoms with E-state index in [-0.39, 0.29) is 11.7 Å². The van der Waals surface area contributed by atoms with Crippen LogP contribution in [0.1, 0.15) is 19.3 Å². The van der Waals surface area contributed by atoms with Crippen molar-refractivity contribution < 1.29 is 9.31 Å². The van der Waals surface area contributed by atoms with Crippen molar-refractivity contribution >= 4 is 11.4 Å². The van der Waals surface area contributed by atoms with E-state index in [1.54, 1.807) is 0 Å². The molecule has 5 nitrogen and oxygen atoms in total. The zero-order chi connectivity index (χ0) is 13.0. The highest BCUT2D eigenvalue weighted by Gasteiger charge is 2.14. The van der Waals surface area contributed by atoms with E-state index in [4.69, 9.17) is 0 Å². The number of nitro groups is 1. The fourth-order valence-corrected chi connectivity index (χ4v) is 2.14. The molecule has 1 heterocycles. The second-order valence-electron chi connectivity index (χ2n) is 4.50. The number of non-ortho nitro benzene ring substituents is 1. The fraction of sp³-hybridized carbons (Fsp3) is 0.500. The van der Waals surface area contributed by atoms with Crippen LogP contribution in [0.25, 0.3) is 0 Å². The molecule has 0 aliphatic carbocycles. The molecule has 2 N–H and O–H groups in total. The van der Waals surface area contributed by atoms with E-state index in [0.29, 0.717) is 5.69 Å². The standard InChI is InChI=1S/C12H16FN3O2/c13-9-5-11(7-12(6-9)16(17)18)15-10-3-1-2-4-14-8-10/h5-7,10,14-15H,1-4,8H2. The van der Waals surface area contributed by atoms with Crippen LogP contribution >= 0.6 is 0 Å². The van der Waals surface area contributed by atoms with Crippen LogP contribution in [-0.2, 0) is 0 Å². The summed E-state index contributed by atoms with van der Waals surface area (Å²) in [4.78, 5) is 10.1. The third-order valence-corrected chi connectivity index (χ3v) is 3.01. The summed E-state index contributed by atoms with van der Waals surface area (Å²) in [7, 11) is 0. The highest BCUT2D eigenvalue weighted by molar-refractivity contribution is 5.52. The van der Waals surface area contributed by atoms with Crippen LogP contribution in [0, 0.1) is 15.9 Å². The molecule has 1 aliphatic rings. The molecule has 6 heteroatoms. The van der Waals surface area contributed by atoms with E-state index in [9.17, 15) is 14.5 Å². The van der Waals surface area contributed by atoms with Gasteiger partial charge in [-0.3, -0.25) is 10.1 Å². The molecule has 98 valence electrons. The number of halogens is 1. The average Bonchev–Trinajstić information content (AvgIpc) is 2.57. The predicted molar refractivity (Wildman–Crippen MR) is 67.2 cm³/mol. The normalized spacial score (nSPS) is 20.2. The minimum Gasteiger partial charge on any atom is -0.381 e. The van der Waals surface area contributed by atoms with Crippen LogP contribution in [0.3, 0.4) is 0 Å². The number of nitro benzene ring substituents is 1. The molecule has 1 aliphatic heterocycles. The minimum absolute atomic E-state index is 0.189. The van der Waals surface area contributed by atoms with Gasteiger partial charge in [-0.2, -0.15) is 0 Å². The van der Waals surface area contributed by atoms with Crippen LogP contribution < -0.4 is 10.6 Å². The van der Waals surface area contributed by atoms with E-state index >= 15 is 0 Å². The van der Waals surface area contributed by atoms with Crippen molar-refractivity contribution in [2.75, 3.05) is 18.4 Å². The molecule has 1 aromatic carbocycles. The van der Waals surface area contributed by atoms with Gasteiger partial charge in [0, 0.05) is 24.3 Å². The Labute approximate surface area is 105 Å². The largest absolute Gasteiger partial charge is 0.381 e. The maximum atomic E-state index is 13.3. The first-order valence-corrected chi connectivity index (χ1v) is 6.07.